The van der Waals surface area contributed by atoms with Gasteiger partial charge in [-0.05, 0) is 56.7 Å². The average molecular weight is 538 g/mol. The van der Waals surface area contributed by atoms with E-state index in [1.807, 2.05) is 57.2 Å². The molecule has 0 N–H and O–H groups in total. The number of anilines is 1. The molecule has 0 unspecified atom stereocenters. The first-order valence-electron chi connectivity index (χ1n) is 12.8. The lowest BCUT2D eigenvalue weighted by molar-refractivity contribution is -0.132. The summed E-state index contributed by atoms with van der Waals surface area (Å²) in [6, 6.07) is 18.0. The summed E-state index contributed by atoms with van der Waals surface area (Å²) < 4.78 is 33.4. The number of hydrogen-bond acceptors (Lipinski definition) is 7. The molecule has 0 bridgehead atoms. The number of aromatic nitrogens is 2. The maximum atomic E-state index is 13.4. The van der Waals surface area contributed by atoms with E-state index in [0.717, 1.165) is 28.4 Å². The lowest BCUT2D eigenvalue weighted by Crippen LogP contribution is -2.53. The van der Waals surface area contributed by atoms with E-state index in [-0.39, 0.29) is 23.4 Å². The van der Waals surface area contributed by atoms with Gasteiger partial charge in [0.05, 0.1) is 24.2 Å². The van der Waals surface area contributed by atoms with E-state index in [0.29, 0.717) is 32.6 Å². The number of rotatable bonds is 9. The minimum Gasteiger partial charge on any atom is -0.497 e. The van der Waals surface area contributed by atoms with Crippen LogP contribution in [0.15, 0.2) is 65.6 Å². The number of carbonyl (C=O) groups excluding carboxylic acids is 1. The third kappa shape index (κ3) is 6.14. The largest absolute Gasteiger partial charge is 0.497 e. The monoisotopic (exact) mass is 537 g/mol. The first-order chi connectivity index (χ1) is 18.2. The fourth-order valence-corrected chi connectivity index (χ4v) is 6.03. The van der Waals surface area contributed by atoms with Gasteiger partial charge in [0.2, 0.25) is 15.9 Å². The molecule has 38 heavy (non-hydrogen) atoms. The van der Waals surface area contributed by atoms with Gasteiger partial charge in [-0.2, -0.15) is 4.31 Å². The van der Waals surface area contributed by atoms with Gasteiger partial charge in [0, 0.05) is 37.8 Å². The second kappa shape index (κ2) is 11.9. The predicted molar refractivity (Wildman–Crippen MR) is 148 cm³/mol. The Kier molecular flexibility index (Phi) is 8.63. The third-order valence-electron chi connectivity index (χ3n) is 6.97. The molecule has 1 saturated heterocycles. The second-order valence-corrected chi connectivity index (χ2v) is 11.4. The van der Waals surface area contributed by atoms with Crippen molar-refractivity contribution < 1.29 is 17.9 Å². The number of aryl methyl sites for hydroxylation is 1. The summed E-state index contributed by atoms with van der Waals surface area (Å²) in [6.07, 6.45) is 0.608. The van der Waals surface area contributed by atoms with E-state index >= 15 is 0 Å². The Labute approximate surface area is 225 Å². The van der Waals surface area contributed by atoms with Gasteiger partial charge in [0.1, 0.15) is 5.75 Å². The minimum absolute atomic E-state index is 0.180. The zero-order valence-corrected chi connectivity index (χ0v) is 23.2. The summed E-state index contributed by atoms with van der Waals surface area (Å²) in [5.74, 6) is 1.31. The van der Waals surface area contributed by atoms with Crippen molar-refractivity contribution in [3.63, 3.8) is 0 Å². The smallest absolute Gasteiger partial charge is 0.243 e. The lowest BCUT2D eigenvalue weighted by Gasteiger charge is -2.36. The Balaban J connectivity index is 1.39. The Hall–Kier alpha value is -3.50. The SMILES string of the molecule is CC[C@@H](C)N(CC(=O)N1CCN(c2ccc(-c3cccc(OC)c3)nn2)CC1)S(=O)(=O)c1ccc(C)cc1. The Morgan fingerprint density at radius 3 is 2.34 bits per heavy atom. The number of nitrogens with zero attached hydrogens (tertiary/aromatic N) is 5. The van der Waals surface area contributed by atoms with Crippen molar-refractivity contribution in [2.24, 2.45) is 0 Å². The van der Waals surface area contributed by atoms with E-state index < -0.39 is 10.0 Å². The molecule has 2 heterocycles. The van der Waals surface area contributed by atoms with Crippen molar-refractivity contribution in [2.45, 2.75) is 38.1 Å². The maximum absolute atomic E-state index is 13.4. The molecule has 1 aliphatic heterocycles. The fourth-order valence-electron chi connectivity index (χ4n) is 4.38. The van der Waals surface area contributed by atoms with E-state index in [4.69, 9.17) is 4.74 Å². The molecule has 1 amide bonds. The Morgan fingerprint density at radius 2 is 1.74 bits per heavy atom. The topological polar surface area (TPSA) is 95.9 Å². The normalized spacial score (nSPS) is 15.0. The molecule has 0 radical (unpaired) electrons. The number of hydrogen-bond donors (Lipinski definition) is 0. The van der Waals surface area contributed by atoms with Crippen LogP contribution in [0.25, 0.3) is 11.3 Å². The number of ether oxygens (including phenoxy) is 1. The molecule has 9 nitrogen and oxygen atoms in total. The number of methoxy groups -OCH3 is 1. The first kappa shape index (κ1) is 27.5. The highest BCUT2D eigenvalue weighted by molar-refractivity contribution is 7.89. The molecule has 1 aliphatic rings. The van der Waals surface area contributed by atoms with Gasteiger partial charge in [-0.15, -0.1) is 10.2 Å². The zero-order chi connectivity index (χ0) is 27.3. The van der Waals surface area contributed by atoms with E-state index in [1.54, 1.807) is 36.3 Å². The van der Waals surface area contributed by atoms with Crippen LogP contribution in [0.1, 0.15) is 25.8 Å². The van der Waals surface area contributed by atoms with Crippen molar-refractivity contribution in [1.29, 1.82) is 0 Å². The molecule has 4 rings (SSSR count). The second-order valence-electron chi connectivity index (χ2n) is 9.50. The van der Waals surface area contributed by atoms with Crippen molar-refractivity contribution in [3.05, 3.63) is 66.2 Å². The standard InChI is InChI=1S/C28H35N5O4S/c1-5-22(3)33(38(35,36)25-11-9-21(2)10-12-25)20-28(34)32-17-15-31(16-18-32)27-14-13-26(29-30-27)23-7-6-8-24(19-23)37-4/h6-14,19,22H,5,15-18,20H2,1-4H3/t22-/m1/s1. The fraction of sp³-hybridized carbons (Fsp3) is 0.393. The summed E-state index contributed by atoms with van der Waals surface area (Å²) in [5.41, 5.74) is 2.65. The molecule has 0 saturated carbocycles. The van der Waals surface area contributed by atoms with Crippen LogP contribution in [0, 0.1) is 6.92 Å². The number of amides is 1. The first-order valence-corrected chi connectivity index (χ1v) is 14.3. The summed E-state index contributed by atoms with van der Waals surface area (Å²) in [5, 5.41) is 8.78. The molecule has 10 heteroatoms. The third-order valence-corrected chi connectivity index (χ3v) is 8.95. The summed E-state index contributed by atoms with van der Waals surface area (Å²) in [4.78, 5) is 17.2. The van der Waals surface area contributed by atoms with Crippen molar-refractivity contribution >= 4 is 21.7 Å². The van der Waals surface area contributed by atoms with Crippen LogP contribution in [0.3, 0.4) is 0 Å². The quantitative estimate of drug-likeness (QED) is 0.412. The highest BCUT2D eigenvalue weighted by Crippen LogP contribution is 2.24. The highest BCUT2D eigenvalue weighted by Gasteiger charge is 2.32. The maximum Gasteiger partial charge on any atom is 0.243 e. The van der Waals surface area contributed by atoms with E-state index in [9.17, 15) is 13.2 Å². The van der Waals surface area contributed by atoms with Crippen LogP contribution < -0.4 is 9.64 Å². The lowest BCUT2D eigenvalue weighted by atomic mass is 10.1. The number of piperazine rings is 1. The highest BCUT2D eigenvalue weighted by atomic mass is 32.2. The van der Waals surface area contributed by atoms with Crippen LogP contribution in [0.5, 0.6) is 5.75 Å². The van der Waals surface area contributed by atoms with Crippen LogP contribution in [0.4, 0.5) is 5.82 Å². The van der Waals surface area contributed by atoms with Gasteiger partial charge >= 0.3 is 0 Å². The van der Waals surface area contributed by atoms with Gasteiger partial charge in [0.15, 0.2) is 5.82 Å². The zero-order valence-electron chi connectivity index (χ0n) is 22.4. The van der Waals surface area contributed by atoms with Crippen LogP contribution in [0.2, 0.25) is 0 Å². The number of benzene rings is 2. The van der Waals surface area contributed by atoms with Gasteiger partial charge in [0.25, 0.3) is 0 Å². The molecular formula is C28H35N5O4S. The molecular weight excluding hydrogens is 502 g/mol. The Bertz CT molecular complexity index is 1340. The minimum atomic E-state index is -3.80. The van der Waals surface area contributed by atoms with Crippen LogP contribution in [-0.4, -0.2) is 79.6 Å². The van der Waals surface area contributed by atoms with Gasteiger partial charge < -0.3 is 14.5 Å². The Morgan fingerprint density at radius 1 is 1.03 bits per heavy atom. The molecule has 1 aromatic heterocycles. The molecule has 3 aromatic rings. The number of sulfonamides is 1. The number of carbonyl (C=O) groups is 1. The van der Waals surface area contributed by atoms with Crippen LogP contribution in [-0.2, 0) is 14.8 Å². The summed E-state index contributed by atoms with van der Waals surface area (Å²) >= 11 is 0. The van der Waals surface area contributed by atoms with Crippen LogP contribution >= 0.6 is 0 Å². The molecule has 0 spiro atoms. The van der Waals surface area contributed by atoms with Crippen molar-refractivity contribution in [1.82, 2.24) is 19.4 Å². The molecule has 1 atom stereocenters. The average Bonchev–Trinajstić information content (AvgIpc) is 2.95. The van der Waals surface area contributed by atoms with E-state index in [2.05, 4.69) is 15.1 Å². The van der Waals surface area contributed by atoms with Gasteiger partial charge in [-0.3, -0.25) is 4.79 Å². The predicted octanol–water partition coefficient (Wildman–Crippen LogP) is 3.60. The molecule has 2 aromatic carbocycles. The molecule has 0 aliphatic carbocycles. The molecule has 202 valence electrons. The molecule has 1 fully saturated rings. The van der Waals surface area contributed by atoms with Crippen molar-refractivity contribution in [2.75, 3.05) is 44.7 Å². The van der Waals surface area contributed by atoms with E-state index in [1.165, 1.54) is 4.31 Å². The summed E-state index contributed by atoms with van der Waals surface area (Å²) in [7, 11) is -2.17. The van der Waals surface area contributed by atoms with Gasteiger partial charge in [-0.25, -0.2) is 8.42 Å². The van der Waals surface area contributed by atoms with Gasteiger partial charge in [-0.1, -0.05) is 36.8 Å². The van der Waals surface area contributed by atoms with Crippen molar-refractivity contribution in [3.8, 4) is 17.0 Å². The summed E-state index contributed by atoms with van der Waals surface area (Å²) in [6.45, 7) is 7.64.